The second kappa shape index (κ2) is 6.51. The maximum Gasteiger partial charge on any atom is 0.416 e. The first-order valence-corrected chi connectivity index (χ1v) is 6.62. The number of carbonyl (C=O) groups is 1. The number of carbonyl (C=O) groups excluding carboxylic acids is 1. The van der Waals surface area contributed by atoms with Crippen molar-refractivity contribution < 1.29 is 31.1 Å². The van der Waals surface area contributed by atoms with Gasteiger partial charge in [0.05, 0.1) is 11.1 Å². The highest BCUT2D eigenvalue weighted by Gasteiger charge is 2.36. The monoisotopic (exact) mass is 344 g/mol. The Hall–Kier alpha value is -2.57. The molecule has 0 aliphatic rings. The number of hydrogen-bond acceptors (Lipinski definition) is 1. The fourth-order valence-electron chi connectivity index (χ4n) is 2.00. The lowest BCUT2D eigenvalue weighted by Crippen LogP contribution is -2.11. The lowest BCUT2D eigenvalue weighted by atomic mass is 10.0. The molecule has 0 fully saturated rings. The van der Waals surface area contributed by atoms with Gasteiger partial charge in [0.25, 0.3) is 0 Å². The van der Waals surface area contributed by atoms with Crippen LogP contribution in [0, 0.1) is 0 Å². The number of rotatable bonds is 3. The zero-order valence-corrected chi connectivity index (χ0v) is 11.9. The van der Waals surface area contributed by atoms with Gasteiger partial charge < -0.3 is 0 Å². The summed E-state index contributed by atoms with van der Waals surface area (Å²) in [6.07, 6.45) is -6.72. The predicted molar refractivity (Wildman–Crippen MR) is 77.2 cm³/mol. The maximum atomic E-state index is 12.8. The summed E-state index contributed by atoms with van der Waals surface area (Å²) in [5.74, 6) is 0. The zero-order chi connectivity index (χ0) is 18.0. The Morgan fingerprint density at radius 1 is 0.667 bits per heavy atom. The summed E-state index contributed by atoms with van der Waals surface area (Å²) in [4.78, 5) is 10.7. The first-order valence-electron chi connectivity index (χ1n) is 6.62. The SMILES string of the molecule is O=Cc1cccc(/C=C/c2cc(C(F)(F)F)cc(C(F)(F)F)c2)c1. The summed E-state index contributed by atoms with van der Waals surface area (Å²) < 4.78 is 76.6. The van der Waals surface area contributed by atoms with Crippen LogP contribution in [-0.2, 0) is 12.4 Å². The molecular weight excluding hydrogens is 334 g/mol. The molecular formula is C17H10F6O. The average molecular weight is 344 g/mol. The molecule has 0 unspecified atom stereocenters. The lowest BCUT2D eigenvalue weighted by molar-refractivity contribution is -0.143. The van der Waals surface area contributed by atoms with E-state index in [0.717, 1.165) is 6.08 Å². The van der Waals surface area contributed by atoms with Crippen LogP contribution in [-0.4, -0.2) is 6.29 Å². The molecule has 2 rings (SSSR count). The van der Waals surface area contributed by atoms with Crippen LogP contribution in [0.1, 0.15) is 32.6 Å². The van der Waals surface area contributed by atoms with Crippen molar-refractivity contribution in [1.29, 1.82) is 0 Å². The summed E-state index contributed by atoms with van der Waals surface area (Å²) in [6.45, 7) is 0. The predicted octanol–water partition coefficient (Wildman–Crippen LogP) is 5.71. The van der Waals surface area contributed by atoms with Crippen molar-refractivity contribution in [3.05, 3.63) is 70.3 Å². The van der Waals surface area contributed by atoms with Crippen LogP contribution >= 0.6 is 0 Å². The van der Waals surface area contributed by atoms with Crippen LogP contribution in [0.15, 0.2) is 42.5 Å². The summed E-state index contributed by atoms with van der Waals surface area (Å²) in [7, 11) is 0. The van der Waals surface area contributed by atoms with Crippen LogP contribution in [0.3, 0.4) is 0 Å². The summed E-state index contributed by atoms with van der Waals surface area (Å²) in [5, 5.41) is 0. The van der Waals surface area contributed by atoms with Gasteiger partial charge in [-0.25, -0.2) is 0 Å². The third kappa shape index (κ3) is 4.47. The zero-order valence-electron chi connectivity index (χ0n) is 11.9. The minimum absolute atomic E-state index is 0.0738. The van der Waals surface area contributed by atoms with Gasteiger partial charge in [-0.2, -0.15) is 26.3 Å². The van der Waals surface area contributed by atoms with Crippen molar-refractivity contribution in [2.75, 3.05) is 0 Å². The smallest absolute Gasteiger partial charge is 0.298 e. The largest absolute Gasteiger partial charge is 0.416 e. The van der Waals surface area contributed by atoms with Gasteiger partial charge in [-0.15, -0.1) is 0 Å². The van der Waals surface area contributed by atoms with Crippen LogP contribution in [0.2, 0.25) is 0 Å². The molecule has 0 N–H and O–H groups in total. The van der Waals surface area contributed by atoms with Crippen molar-refractivity contribution in [2.24, 2.45) is 0 Å². The molecule has 24 heavy (non-hydrogen) atoms. The highest BCUT2D eigenvalue weighted by Crippen LogP contribution is 2.36. The van der Waals surface area contributed by atoms with E-state index in [9.17, 15) is 31.1 Å². The first kappa shape index (κ1) is 17.8. The Morgan fingerprint density at radius 3 is 1.67 bits per heavy atom. The van der Waals surface area contributed by atoms with Gasteiger partial charge in [0.1, 0.15) is 6.29 Å². The Kier molecular flexibility index (Phi) is 4.82. The molecule has 0 aliphatic carbocycles. The molecule has 0 heterocycles. The van der Waals surface area contributed by atoms with Crippen molar-refractivity contribution in [2.45, 2.75) is 12.4 Å². The molecule has 0 saturated heterocycles. The number of halogens is 6. The molecule has 2 aromatic carbocycles. The van der Waals surface area contributed by atoms with Gasteiger partial charge in [0.15, 0.2) is 0 Å². The topological polar surface area (TPSA) is 17.1 Å². The van der Waals surface area contributed by atoms with E-state index >= 15 is 0 Å². The quantitative estimate of drug-likeness (QED) is 0.396. The molecule has 0 amide bonds. The van der Waals surface area contributed by atoms with Crippen LogP contribution < -0.4 is 0 Å². The van der Waals surface area contributed by atoms with E-state index < -0.39 is 23.5 Å². The van der Waals surface area contributed by atoms with Gasteiger partial charge in [-0.1, -0.05) is 30.4 Å². The van der Waals surface area contributed by atoms with E-state index in [2.05, 4.69) is 0 Å². The molecule has 2 aromatic rings. The molecule has 0 spiro atoms. The third-order valence-electron chi connectivity index (χ3n) is 3.12. The summed E-state index contributed by atoms with van der Waals surface area (Å²) >= 11 is 0. The van der Waals surface area contributed by atoms with Gasteiger partial charge in [-0.3, -0.25) is 4.79 Å². The number of hydrogen-bond donors (Lipinski definition) is 0. The van der Waals surface area contributed by atoms with E-state index in [-0.39, 0.29) is 11.6 Å². The standard InChI is InChI=1S/C17H10F6O/c18-16(19,20)14-7-12(8-15(9-14)17(21,22)23)5-4-11-2-1-3-13(6-11)10-24/h1-10H/b5-4+. The number of aldehydes is 1. The second-order valence-corrected chi connectivity index (χ2v) is 4.96. The molecule has 126 valence electrons. The highest BCUT2D eigenvalue weighted by atomic mass is 19.4. The summed E-state index contributed by atoms with van der Waals surface area (Å²) in [5.41, 5.74) is -2.17. The lowest BCUT2D eigenvalue weighted by Gasteiger charge is -2.12. The van der Waals surface area contributed by atoms with Gasteiger partial charge in [0.2, 0.25) is 0 Å². The van der Waals surface area contributed by atoms with Crippen molar-refractivity contribution >= 4 is 18.4 Å². The average Bonchev–Trinajstić information content (AvgIpc) is 2.51. The van der Waals surface area contributed by atoms with Crippen LogP contribution in [0.25, 0.3) is 12.2 Å². The Balaban J connectivity index is 2.45. The highest BCUT2D eigenvalue weighted by molar-refractivity contribution is 5.78. The Bertz CT molecular complexity index is 739. The molecule has 7 heteroatoms. The fourth-order valence-corrected chi connectivity index (χ4v) is 2.00. The minimum atomic E-state index is -4.89. The van der Waals surface area contributed by atoms with E-state index in [0.29, 0.717) is 29.5 Å². The van der Waals surface area contributed by atoms with E-state index in [4.69, 9.17) is 0 Å². The molecule has 0 aliphatic heterocycles. The molecule has 0 atom stereocenters. The molecule has 1 nitrogen and oxygen atoms in total. The number of benzene rings is 2. The van der Waals surface area contributed by atoms with Gasteiger partial charge in [-0.05, 0) is 35.4 Å². The Morgan fingerprint density at radius 2 is 1.17 bits per heavy atom. The normalized spacial score (nSPS) is 12.6. The van der Waals surface area contributed by atoms with Gasteiger partial charge in [0, 0.05) is 5.56 Å². The van der Waals surface area contributed by atoms with E-state index in [1.54, 1.807) is 12.1 Å². The van der Waals surface area contributed by atoms with Crippen LogP contribution in [0.5, 0.6) is 0 Å². The van der Waals surface area contributed by atoms with Gasteiger partial charge >= 0.3 is 12.4 Å². The first-order chi connectivity index (χ1) is 11.1. The molecule has 0 aromatic heterocycles. The Labute approximate surface area is 133 Å². The maximum absolute atomic E-state index is 12.8. The van der Waals surface area contributed by atoms with E-state index in [1.165, 1.54) is 18.2 Å². The summed E-state index contributed by atoms with van der Waals surface area (Å²) in [6, 6.07) is 7.45. The van der Waals surface area contributed by atoms with Crippen molar-refractivity contribution in [3.63, 3.8) is 0 Å². The fraction of sp³-hybridized carbons (Fsp3) is 0.118. The number of alkyl halides is 6. The van der Waals surface area contributed by atoms with E-state index in [1.807, 2.05) is 0 Å². The third-order valence-corrected chi connectivity index (χ3v) is 3.12. The second-order valence-electron chi connectivity index (χ2n) is 4.96. The molecule has 0 saturated carbocycles. The van der Waals surface area contributed by atoms with Crippen molar-refractivity contribution in [1.82, 2.24) is 0 Å². The molecule has 0 radical (unpaired) electrons. The van der Waals surface area contributed by atoms with Crippen LogP contribution in [0.4, 0.5) is 26.3 Å². The van der Waals surface area contributed by atoms with Crippen molar-refractivity contribution in [3.8, 4) is 0 Å². The minimum Gasteiger partial charge on any atom is -0.298 e. The molecule has 0 bridgehead atoms.